The maximum atomic E-state index is 5.68. The van der Waals surface area contributed by atoms with Crippen molar-refractivity contribution in [3.8, 4) is 0 Å². The molecule has 1 aliphatic rings. The standard InChI is InChI=1S/C16H25BrN2/c1-16(2)8-6-13(7-9-16)19(3)15-5-4-12(11-18)10-14(15)17/h4-5,10,13H,6-9,11,18H2,1-3H3. The second kappa shape index (κ2) is 5.84. The van der Waals surface area contributed by atoms with Crippen LogP contribution in [0.15, 0.2) is 22.7 Å². The minimum Gasteiger partial charge on any atom is -0.371 e. The minimum atomic E-state index is 0.526. The fraction of sp³-hybridized carbons (Fsp3) is 0.625. The molecule has 106 valence electrons. The largest absolute Gasteiger partial charge is 0.371 e. The summed E-state index contributed by atoms with van der Waals surface area (Å²) in [6.07, 6.45) is 5.21. The quantitative estimate of drug-likeness (QED) is 0.897. The van der Waals surface area contributed by atoms with Crippen molar-refractivity contribution in [2.75, 3.05) is 11.9 Å². The van der Waals surface area contributed by atoms with Crippen molar-refractivity contribution in [2.24, 2.45) is 11.1 Å². The Morgan fingerprint density at radius 1 is 1.32 bits per heavy atom. The van der Waals surface area contributed by atoms with Crippen LogP contribution in [0.1, 0.15) is 45.1 Å². The Kier molecular flexibility index (Phi) is 4.57. The second-order valence-electron chi connectivity index (χ2n) is 6.50. The van der Waals surface area contributed by atoms with Gasteiger partial charge in [-0.2, -0.15) is 0 Å². The second-order valence-corrected chi connectivity index (χ2v) is 7.35. The number of hydrogen-bond donors (Lipinski definition) is 1. The van der Waals surface area contributed by atoms with E-state index in [0.29, 0.717) is 18.0 Å². The Morgan fingerprint density at radius 2 is 1.95 bits per heavy atom. The van der Waals surface area contributed by atoms with Crippen LogP contribution in [-0.2, 0) is 6.54 Å². The maximum absolute atomic E-state index is 5.68. The fourth-order valence-corrected chi connectivity index (χ4v) is 3.64. The van der Waals surface area contributed by atoms with E-state index in [1.165, 1.54) is 36.9 Å². The Balaban J connectivity index is 2.10. The first-order valence-electron chi connectivity index (χ1n) is 7.14. The third-order valence-electron chi connectivity index (χ3n) is 4.48. The summed E-state index contributed by atoms with van der Waals surface area (Å²) in [6.45, 7) is 5.37. The monoisotopic (exact) mass is 324 g/mol. The molecule has 0 aliphatic heterocycles. The molecule has 0 aromatic heterocycles. The van der Waals surface area contributed by atoms with Gasteiger partial charge in [0, 0.05) is 24.1 Å². The number of anilines is 1. The number of rotatable bonds is 3. The molecule has 2 nitrogen and oxygen atoms in total. The fourth-order valence-electron chi connectivity index (χ4n) is 2.93. The molecule has 2 rings (SSSR count). The molecule has 1 fully saturated rings. The average molecular weight is 325 g/mol. The van der Waals surface area contributed by atoms with E-state index in [0.717, 1.165) is 4.47 Å². The highest BCUT2D eigenvalue weighted by Gasteiger charge is 2.29. The van der Waals surface area contributed by atoms with Crippen molar-refractivity contribution in [1.29, 1.82) is 0 Å². The van der Waals surface area contributed by atoms with Crippen LogP contribution in [0.2, 0.25) is 0 Å². The topological polar surface area (TPSA) is 29.3 Å². The van der Waals surface area contributed by atoms with Crippen molar-refractivity contribution in [2.45, 2.75) is 52.1 Å². The molecule has 0 heterocycles. The molecule has 1 saturated carbocycles. The lowest BCUT2D eigenvalue weighted by atomic mass is 9.75. The van der Waals surface area contributed by atoms with Crippen LogP contribution in [0.4, 0.5) is 5.69 Å². The van der Waals surface area contributed by atoms with Gasteiger partial charge in [-0.1, -0.05) is 19.9 Å². The molecule has 0 spiro atoms. The van der Waals surface area contributed by atoms with E-state index < -0.39 is 0 Å². The summed E-state index contributed by atoms with van der Waals surface area (Å²) < 4.78 is 1.16. The normalized spacial score (nSPS) is 19.4. The highest BCUT2D eigenvalue weighted by molar-refractivity contribution is 9.10. The first-order valence-corrected chi connectivity index (χ1v) is 7.93. The van der Waals surface area contributed by atoms with E-state index in [1.807, 2.05) is 0 Å². The molecule has 1 aliphatic carbocycles. The van der Waals surface area contributed by atoms with Gasteiger partial charge in [0.1, 0.15) is 0 Å². The van der Waals surface area contributed by atoms with Crippen molar-refractivity contribution in [3.05, 3.63) is 28.2 Å². The van der Waals surface area contributed by atoms with Crippen LogP contribution in [-0.4, -0.2) is 13.1 Å². The molecule has 0 amide bonds. The van der Waals surface area contributed by atoms with Crippen molar-refractivity contribution >= 4 is 21.6 Å². The van der Waals surface area contributed by atoms with Gasteiger partial charge in [0.25, 0.3) is 0 Å². The van der Waals surface area contributed by atoms with E-state index in [-0.39, 0.29) is 0 Å². The molecule has 1 aromatic rings. The number of halogens is 1. The zero-order chi connectivity index (χ0) is 14.0. The van der Waals surface area contributed by atoms with Crippen molar-refractivity contribution in [1.82, 2.24) is 0 Å². The summed E-state index contributed by atoms with van der Waals surface area (Å²) in [5, 5.41) is 0. The molecule has 0 radical (unpaired) electrons. The van der Waals surface area contributed by atoms with Crippen molar-refractivity contribution in [3.63, 3.8) is 0 Å². The molecular formula is C16H25BrN2. The lowest BCUT2D eigenvalue weighted by Crippen LogP contribution is -2.37. The van der Waals surface area contributed by atoms with Gasteiger partial charge >= 0.3 is 0 Å². The molecule has 0 atom stereocenters. The maximum Gasteiger partial charge on any atom is 0.0510 e. The highest BCUT2D eigenvalue weighted by Crippen LogP contribution is 2.39. The smallest absolute Gasteiger partial charge is 0.0510 e. The van der Waals surface area contributed by atoms with Gasteiger partial charge in [-0.25, -0.2) is 0 Å². The minimum absolute atomic E-state index is 0.526. The van der Waals surface area contributed by atoms with Gasteiger partial charge in [-0.05, 0) is 64.7 Å². The van der Waals surface area contributed by atoms with Gasteiger partial charge in [-0.15, -0.1) is 0 Å². The summed E-state index contributed by atoms with van der Waals surface area (Å²) in [7, 11) is 2.21. The lowest BCUT2D eigenvalue weighted by Gasteiger charge is -2.40. The van der Waals surface area contributed by atoms with Crippen LogP contribution >= 0.6 is 15.9 Å². The van der Waals surface area contributed by atoms with Gasteiger partial charge in [-0.3, -0.25) is 0 Å². The summed E-state index contributed by atoms with van der Waals surface area (Å²) >= 11 is 3.68. The van der Waals surface area contributed by atoms with Gasteiger partial charge in [0.15, 0.2) is 0 Å². The predicted octanol–water partition coefficient (Wildman–Crippen LogP) is 4.31. The molecule has 1 aromatic carbocycles. The zero-order valence-electron chi connectivity index (χ0n) is 12.2. The third-order valence-corrected chi connectivity index (χ3v) is 5.12. The summed E-state index contributed by atoms with van der Waals surface area (Å²) in [6, 6.07) is 7.11. The Morgan fingerprint density at radius 3 is 2.47 bits per heavy atom. The summed E-state index contributed by atoms with van der Waals surface area (Å²) in [5.74, 6) is 0. The van der Waals surface area contributed by atoms with Crippen molar-refractivity contribution < 1.29 is 0 Å². The molecule has 2 N–H and O–H groups in total. The van der Waals surface area contributed by atoms with Gasteiger partial charge < -0.3 is 10.6 Å². The lowest BCUT2D eigenvalue weighted by molar-refractivity contribution is 0.222. The predicted molar refractivity (Wildman–Crippen MR) is 86.5 cm³/mol. The molecule has 0 unspecified atom stereocenters. The van der Waals surface area contributed by atoms with Gasteiger partial charge in [0.05, 0.1) is 5.69 Å². The molecule has 19 heavy (non-hydrogen) atoms. The number of nitrogens with two attached hydrogens (primary N) is 1. The Bertz CT molecular complexity index is 432. The number of nitrogens with zero attached hydrogens (tertiary/aromatic N) is 1. The highest BCUT2D eigenvalue weighted by atomic mass is 79.9. The first kappa shape index (κ1) is 14.9. The molecule has 0 bridgehead atoms. The van der Waals surface area contributed by atoms with E-state index in [4.69, 9.17) is 5.73 Å². The van der Waals surface area contributed by atoms with Gasteiger partial charge in [0.2, 0.25) is 0 Å². The molecule has 3 heteroatoms. The van der Waals surface area contributed by atoms with Crippen LogP contribution in [0.5, 0.6) is 0 Å². The Hall–Kier alpha value is -0.540. The average Bonchev–Trinajstić information content (AvgIpc) is 2.37. The van der Waals surface area contributed by atoms with Crippen LogP contribution in [0.25, 0.3) is 0 Å². The molecule has 0 saturated heterocycles. The first-order chi connectivity index (χ1) is 8.93. The molecular weight excluding hydrogens is 300 g/mol. The van der Waals surface area contributed by atoms with Crippen LogP contribution in [0.3, 0.4) is 0 Å². The summed E-state index contributed by atoms with van der Waals surface area (Å²) in [4.78, 5) is 2.43. The number of hydrogen-bond acceptors (Lipinski definition) is 2. The van der Waals surface area contributed by atoms with Crippen LogP contribution in [0, 0.1) is 5.41 Å². The van der Waals surface area contributed by atoms with E-state index in [9.17, 15) is 0 Å². The van der Waals surface area contributed by atoms with E-state index >= 15 is 0 Å². The zero-order valence-corrected chi connectivity index (χ0v) is 13.8. The summed E-state index contributed by atoms with van der Waals surface area (Å²) in [5.41, 5.74) is 8.66. The van der Waals surface area contributed by atoms with E-state index in [1.54, 1.807) is 0 Å². The van der Waals surface area contributed by atoms with E-state index in [2.05, 4.69) is 59.9 Å². The third kappa shape index (κ3) is 3.51. The Labute approximate surface area is 125 Å². The van der Waals surface area contributed by atoms with Crippen LogP contribution < -0.4 is 10.6 Å². The number of benzene rings is 1. The SMILES string of the molecule is CN(c1ccc(CN)cc1Br)C1CCC(C)(C)CC1.